The Morgan fingerprint density at radius 3 is 3.00 bits per heavy atom. The lowest BCUT2D eigenvalue weighted by Crippen LogP contribution is -2.17. The molecule has 0 atom stereocenters. The van der Waals surface area contributed by atoms with E-state index in [2.05, 4.69) is 22.6 Å². The molecule has 66 valence electrons. The van der Waals surface area contributed by atoms with E-state index >= 15 is 0 Å². The fraction of sp³-hybridized carbons (Fsp3) is 0.429. The summed E-state index contributed by atoms with van der Waals surface area (Å²) in [6, 6.07) is 1.73. The van der Waals surface area contributed by atoms with Crippen molar-refractivity contribution in [3.63, 3.8) is 0 Å². The number of carbonyl (C=O) groups excluding carboxylic acids is 1. The minimum atomic E-state index is -0.221. The molecule has 0 bridgehead atoms. The highest BCUT2D eigenvalue weighted by atomic mass is 32.1. The summed E-state index contributed by atoms with van der Waals surface area (Å²) in [5.41, 5.74) is 1.38. The van der Waals surface area contributed by atoms with Gasteiger partial charge in [0.05, 0.1) is 5.69 Å². The van der Waals surface area contributed by atoms with Crippen LogP contribution in [-0.2, 0) is 6.54 Å². The predicted molar refractivity (Wildman–Crippen MR) is 49.1 cm³/mol. The topological polar surface area (TPSA) is 46.9 Å². The second kappa shape index (κ2) is 3.62. The lowest BCUT2D eigenvalue weighted by molar-refractivity contribution is 0.0974. The van der Waals surface area contributed by atoms with E-state index in [-0.39, 0.29) is 5.91 Å². The molecule has 1 heterocycles. The van der Waals surface area contributed by atoms with Gasteiger partial charge in [0, 0.05) is 6.54 Å². The van der Waals surface area contributed by atoms with Crippen LogP contribution in [0.15, 0.2) is 6.07 Å². The van der Waals surface area contributed by atoms with Crippen LogP contribution >= 0.6 is 12.8 Å². The monoisotopic (exact) mass is 185 g/mol. The van der Waals surface area contributed by atoms with Crippen LogP contribution in [0.3, 0.4) is 0 Å². The van der Waals surface area contributed by atoms with E-state index in [1.54, 1.807) is 10.7 Å². The van der Waals surface area contributed by atoms with Crippen LogP contribution in [0.2, 0.25) is 0 Å². The van der Waals surface area contributed by atoms with Gasteiger partial charge in [-0.3, -0.25) is 14.2 Å². The molecule has 0 saturated heterocycles. The third kappa shape index (κ3) is 1.61. The summed E-state index contributed by atoms with van der Waals surface area (Å²) in [7, 11) is 0. The Morgan fingerprint density at radius 1 is 1.83 bits per heavy atom. The maximum atomic E-state index is 11.2. The zero-order valence-electron chi connectivity index (χ0n) is 7.03. The number of hydrogen-bond acceptors (Lipinski definition) is 3. The van der Waals surface area contributed by atoms with Gasteiger partial charge in [0.1, 0.15) is 5.69 Å². The van der Waals surface area contributed by atoms with Gasteiger partial charge in [0.2, 0.25) is 0 Å². The van der Waals surface area contributed by atoms with Crippen molar-refractivity contribution in [2.24, 2.45) is 0 Å². The Morgan fingerprint density at radius 2 is 2.50 bits per heavy atom. The highest BCUT2D eigenvalue weighted by Crippen LogP contribution is 2.03. The molecule has 0 fully saturated rings. The molecule has 12 heavy (non-hydrogen) atoms. The first-order valence-electron chi connectivity index (χ1n) is 3.68. The standard InChI is InChI=1S/C7H11N3OS/c1-3-10-6(7(11)9-12)4-5(2)8-10/h4,12H,3H2,1-2H3,(H,9,11). The Kier molecular flexibility index (Phi) is 2.75. The number of amides is 1. The van der Waals surface area contributed by atoms with Gasteiger partial charge in [-0.2, -0.15) is 5.10 Å². The van der Waals surface area contributed by atoms with Gasteiger partial charge in [-0.05, 0) is 19.9 Å². The summed E-state index contributed by atoms with van der Waals surface area (Å²) in [5, 5.41) is 4.12. The Bertz CT molecular complexity index is 295. The molecule has 4 nitrogen and oxygen atoms in total. The van der Waals surface area contributed by atoms with Crippen LogP contribution in [0.5, 0.6) is 0 Å². The maximum Gasteiger partial charge on any atom is 0.279 e. The number of aromatic nitrogens is 2. The van der Waals surface area contributed by atoms with Gasteiger partial charge in [0.15, 0.2) is 0 Å². The number of nitrogens with zero attached hydrogens (tertiary/aromatic N) is 2. The molecule has 0 unspecified atom stereocenters. The van der Waals surface area contributed by atoms with Crippen LogP contribution < -0.4 is 4.72 Å². The third-order valence-corrected chi connectivity index (χ3v) is 1.74. The fourth-order valence-corrected chi connectivity index (χ4v) is 1.14. The summed E-state index contributed by atoms with van der Waals surface area (Å²) in [4.78, 5) is 11.2. The van der Waals surface area contributed by atoms with Crippen molar-refractivity contribution < 1.29 is 4.79 Å². The number of thiol groups is 1. The first-order valence-corrected chi connectivity index (χ1v) is 4.12. The van der Waals surface area contributed by atoms with Crippen molar-refractivity contribution in [2.45, 2.75) is 20.4 Å². The SMILES string of the molecule is CCn1nc(C)cc1C(=O)NS. The van der Waals surface area contributed by atoms with Gasteiger partial charge < -0.3 is 0 Å². The first-order chi connectivity index (χ1) is 5.69. The van der Waals surface area contributed by atoms with Crippen LogP contribution in [0.25, 0.3) is 0 Å². The quantitative estimate of drug-likeness (QED) is 0.669. The van der Waals surface area contributed by atoms with Crippen molar-refractivity contribution in [3.05, 3.63) is 17.5 Å². The molecule has 0 aliphatic carbocycles. The molecule has 0 radical (unpaired) electrons. The molecule has 1 N–H and O–H groups in total. The maximum absolute atomic E-state index is 11.2. The zero-order valence-corrected chi connectivity index (χ0v) is 7.93. The molecular weight excluding hydrogens is 174 g/mol. The average molecular weight is 185 g/mol. The number of nitrogens with one attached hydrogen (secondary N) is 1. The minimum absolute atomic E-state index is 0.221. The predicted octanol–water partition coefficient (Wildman–Crippen LogP) is 0.786. The van der Waals surface area contributed by atoms with Gasteiger partial charge in [-0.1, -0.05) is 12.8 Å². The first kappa shape index (κ1) is 9.12. The molecule has 1 aromatic rings. The molecule has 1 aromatic heterocycles. The van der Waals surface area contributed by atoms with Crippen molar-refractivity contribution >= 4 is 18.7 Å². The summed E-state index contributed by atoms with van der Waals surface area (Å²) in [6.07, 6.45) is 0. The summed E-state index contributed by atoms with van der Waals surface area (Å²) >= 11 is 3.68. The molecule has 5 heteroatoms. The average Bonchev–Trinajstić information content (AvgIpc) is 2.45. The van der Waals surface area contributed by atoms with Gasteiger partial charge >= 0.3 is 0 Å². The highest BCUT2D eigenvalue weighted by Gasteiger charge is 2.10. The van der Waals surface area contributed by atoms with Gasteiger partial charge in [-0.15, -0.1) is 0 Å². The van der Waals surface area contributed by atoms with Crippen molar-refractivity contribution in [1.29, 1.82) is 0 Å². The number of rotatable bonds is 2. The van der Waals surface area contributed by atoms with Gasteiger partial charge in [-0.25, -0.2) is 0 Å². The van der Waals surface area contributed by atoms with Crippen LogP contribution in [0.1, 0.15) is 23.1 Å². The molecule has 0 saturated carbocycles. The molecule has 0 aliphatic heterocycles. The van der Waals surface area contributed by atoms with E-state index in [1.165, 1.54) is 0 Å². The minimum Gasteiger partial charge on any atom is -0.297 e. The second-order valence-electron chi connectivity index (χ2n) is 2.43. The lowest BCUT2D eigenvalue weighted by atomic mass is 10.3. The largest absolute Gasteiger partial charge is 0.297 e. The van der Waals surface area contributed by atoms with Crippen molar-refractivity contribution in [1.82, 2.24) is 14.5 Å². The third-order valence-electron chi connectivity index (χ3n) is 1.54. The number of carbonyl (C=O) groups is 1. The van der Waals surface area contributed by atoms with Crippen LogP contribution in [-0.4, -0.2) is 15.7 Å². The molecule has 0 aromatic carbocycles. The Balaban J connectivity index is 3.04. The normalized spacial score (nSPS) is 9.92. The van der Waals surface area contributed by atoms with Crippen molar-refractivity contribution in [2.75, 3.05) is 0 Å². The van der Waals surface area contributed by atoms with Crippen LogP contribution in [0.4, 0.5) is 0 Å². The summed E-state index contributed by atoms with van der Waals surface area (Å²) < 4.78 is 3.90. The van der Waals surface area contributed by atoms with E-state index in [0.717, 1.165) is 5.69 Å². The van der Waals surface area contributed by atoms with Gasteiger partial charge in [0.25, 0.3) is 5.91 Å². The Labute approximate surface area is 76.5 Å². The second-order valence-corrected chi connectivity index (χ2v) is 2.65. The molecule has 1 amide bonds. The number of aryl methyl sites for hydroxylation is 2. The van der Waals surface area contributed by atoms with Crippen molar-refractivity contribution in [3.8, 4) is 0 Å². The van der Waals surface area contributed by atoms with Crippen LogP contribution in [0, 0.1) is 6.92 Å². The van der Waals surface area contributed by atoms with E-state index in [0.29, 0.717) is 12.2 Å². The highest BCUT2D eigenvalue weighted by molar-refractivity contribution is 7.78. The molecule has 0 spiro atoms. The molecule has 1 rings (SSSR count). The van der Waals surface area contributed by atoms with E-state index < -0.39 is 0 Å². The van der Waals surface area contributed by atoms with E-state index in [4.69, 9.17) is 0 Å². The number of hydrogen-bond donors (Lipinski definition) is 2. The fourth-order valence-electron chi connectivity index (χ4n) is 1.03. The van der Waals surface area contributed by atoms with E-state index in [1.807, 2.05) is 13.8 Å². The van der Waals surface area contributed by atoms with E-state index in [9.17, 15) is 4.79 Å². The summed E-state index contributed by atoms with van der Waals surface area (Å²) in [6.45, 7) is 4.47. The Hall–Kier alpha value is -0.970. The zero-order chi connectivity index (χ0) is 9.14. The molecular formula is C7H11N3OS. The smallest absolute Gasteiger partial charge is 0.279 e. The lowest BCUT2D eigenvalue weighted by Gasteiger charge is -2.00. The summed E-state index contributed by atoms with van der Waals surface area (Å²) in [5.74, 6) is -0.221. The molecule has 0 aliphatic rings.